The number of carboxylic acid groups (broad SMARTS) is 1. The van der Waals surface area contributed by atoms with E-state index < -0.39 is 6.09 Å². The van der Waals surface area contributed by atoms with E-state index in [2.05, 4.69) is 49.9 Å². The SMILES string of the molecule is CC(C)(C)C(c1ccccc1)N1C[C@@H]2[C@H]1CCN2C(=O)O. The molecule has 0 spiro atoms. The highest BCUT2D eigenvalue weighted by Crippen LogP contribution is 2.46. The molecule has 114 valence electrons. The largest absolute Gasteiger partial charge is 0.465 e. The van der Waals surface area contributed by atoms with E-state index in [9.17, 15) is 9.90 Å². The first-order valence-corrected chi connectivity index (χ1v) is 7.70. The molecule has 0 aromatic heterocycles. The van der Waals surface area contributed by atoms with Gasteiger partial charge in [0.1, 0.15) is 0 Å². The first-order chi connectivity index (χ1) is 9.89. The number of amides is 1. The lowest BCUT2D eigenvalue weighted by Gasteiger charge is -2.53. The number of hydrogen-bond acceptors (Lipinski definition) is 2. The van der Waals surface area contributed by atoms with E-state index in [-0.39, 0.29) is 11.5 Å². The Balaban J connectivity index is 1.83. The van der Waals surface area contributed by atoms with Crippen molar-refractivity contribution in [2.24, 2.45) is 5.41 Å². The third kappa shape index (κ3) is 2.42. The molecule has 3 atom stereocenters. The Morgan fingerprint density at radius 2 is 1.90 bits per heavy atom. The van der Waals surface area contributed by atoms with Crippen molar-refractivity contribution in [3.63, 3.8) is 0 Å². The molecule has 0 saturated carbocycles. The number of likely N-dealkylation sites (tertiary alicyclic amines) is 2. The highest BCUT2D eigenvalue weighted by molar-refractivity contribution is 5.66. The van der Waals surface area contributed by atoms with Crippen LogP contribution in [0.3, 0.4) is 0 Å². The Hall–Kier alpha value is -1.55. The number of rotatable bonds is 2. The van der Waals surface area contributed by atoms with Crippen LogP contribution in [0.15, 0.2) is 30.3 Å². The number of benzene rings is 1. The van der Waals surface area contributed by atoms with Crippen LogP contribution >= 0.6 is 0 Å². The summed E-state index contributed by atoms with van der Waals surface area (Å²) in [5, 5.41) is 9.24. The molecule has 21 heavy (non-hydrogen) atoms. The Morgan fingerprint density at radius 3 is 2.48 bits per heavy atom. The molecule has 1 amide bonds. The van der Waals surface area contributed by atoms with Crippen molar-refractivity contribution in [2.75, 3.05) is 13.1 Å². The second-order valence-electron chi connectivity index (χ2n) is 7.28. The van der Waals surface area contributed by atoms with Gasteiger partial charge in [0.2, 0.25) is 0 Å². The summed E-state index contributed by atoms with van der Waals surface area (Å²) in [7, 11) is 0. The van der Waals surface area contributed by atoms with Crippen LogP contribution in [-0.2, 0) is 0 Å². The highest BCUT2D eigenvalue weighted by atomic mass is 16.4. The summed E-state index contributed by atoms with van der Waals surface area (Å²) in [6.07, 6.45) is 0.185. The third-order valence-corrected chi connectivity index (χ3v) is 4.85. The van der Waals surface area contributed by atoms with Gasteiger partial charge in [-0.2, -0.15) is 0 Å². The van der Waals surface area contributed by atoms with Gasteiger partial charge in [-0.05, 0) is 17.4 Å². The van der Waals surface area contributed by atoms with Gasteiger partial charge in [0, 0.05) is 25.2 Å². The molecule has 0 aliphatic carbocycles. The van der Waals surface area contributed by atoms with Crippen molar-refractivity contribution in [2.45, 2.75) is 45.3 Å². The van der Waals surface area contributed by atoms with Gasteiger partial charge in [0.05, 0.1) is 6.04 Å². The minimum atomic E-state index is -0.769. The minimum Gasteiger partial charge on any atom is -0.465 e. The molecule has 3 rings (SSSR count). The number of hydrogen-bond donors (Lipinski definition) is 1. The van der Waals surface area contributed by atoms with Gasteiger partial charge in [-0.3, -0.25) is 4.90 Å². The molecule has 2 aliphatic heterocycles. The first-order valence-electron chi connectivity index (χ1n) is 7.70. The van der Waals surface area contributed by atoms with E-state index in [1.165, 1.54) is 5.56 Å². The zero-order valence-electron chi connectivity index (χ0n) is 13.0. The Kier molecular flexibility index (Phi) is 3.44. The van der Waals surface area contributed by atoms with Gasteiger partial charge in [-0.15, -0.1) is 0 Å². The maximum Gasteiger partial charge on any atom is 0.407 e. The summed E-state index contributed by atoms with van der Waals surface area (Å²) in [5.41, 5.74) is 1.46. The molecule has 2 heterocycles. The van der Waals surface area contributed by atoms with Gasteiger partial charge in [-0.1, -0.05) is 51.1 Å². The normalized spacial score (nSPS) is 27.1. The smallest absolute Gasteiger partial charge is 0.407 e. The van der Waals surface area contributed by atoms with Crippen LogP contribution in [0.2, 0.25) is 0 Å². The first kappa shape index (κ1) is 14.4. The summed E-state index contributed by atoms with van der Waals surface area (Å²) < 4.78 is 0. The third-order valence-electron chi connectivity index (χ3n) is 4.85. The second kappa shape index (κ2) is 5.02. The van der Waals surface area contributed by atoms with Crippen LogP contribution in [0, 0.1) is 5.41 Å². The summed E-state index contributed by atoms with van der Waals surface area (Å²) in [5.74, 6) is 0. The van der Waals surface area contributed by atoms with Gasteiger partial charge in [0.15, 0.2) is 0 Å². The summed E-state index contributed by atoms with van der Waals surface area (Å²) >= 11 is 0. The maximum absolute atomic E-state index is 11.2. The van der Waals surface area contributed by atoms with Crippen molar-refractivity contribution >= 4 is 6.09 Å². The van der Waals surface area contributed by atoms with E-state index >= 15 is 0 Å². The van der Waals surface area contributed by atoms with Crippen molar-refractivity contribution in [1.29, 1.82) is 0 Å². The summed E-state index contributed by atoms with van der Waals surface area (Å²) in [4.78, 5) is 15.4. The van der Waals surface area contributed by atoms with E-state index in [0.717, 1.165) is 13.0 Å². The van der Waals surface area contributed by atoms with E-state index in [4.69, 9.17) is 0 Å². The van der Waals surface area contributed by atoms with Gasteiger partial charge < -0.3 is 10.0 Å². The van der Waals surface area contributed by atoms with Crippen LogP contribution in [0.5, 0.6) is 0 Å². The van der Waals surface area contributed by atoms with Crippen LogP contribution in [-0.4, -0.2) is 46.2 Å². The maximum atomic E-state index is 11.2. The molecular weight excluding hydrogens is 264 g/mol. The van der Waals surface area contributed by atoms with E-state index in [1.807, 2.05) is 6.07 Å². The zero-order valence-corrected chi connectivity index (χ0v) is 13.0. The van der Waals surface area contributed by atoms with Crippen LogP contribution in [0.25, 0.3) is 0 Å². The highest BCUT2D eigenvalue weighted by Gasteiger charge is 2.52. The zero-order chi connectivity index (χ0) is 15.2. The quantitative estimate of drug-likeness (QED) is 0.908. The van der Waals surface area contributed by atoms with Crippen molar-refractivity contribution in [1.82, 2.24) is 9.80 Å². The van der Waals surface area contributed by atoms with Gasteiger partial charge >= 0.3 is 6.09 Å². The predicted molar refractivity (Wildman–Crippen MR) is 82.3 cm³/mol. The van der Waals surface area contributed by atoms with Crippen molar-refractivity contribution in [3.05, 3.63) is 35.9 Å². The van der Waals surface area contributed by atoms with Crippen LogP contribution < -0.4 is 0 Å². The Bertz CT molecular complexity index is 523. The summed E-state index contributed by atoms with van der Waals surface area (Å²) in [6, 6.07) is 11.5. The molecule has 1 aromatic rings. The van der Waals surface area contributed by atoms with Crippen LogP contribution in [0.1, 0.15) is 38.8 Å². The van der Waals surface area contributed by atoms with Gasteiger partial charge in [0.25, 0.3) is 0 Å². The van der Waals surface area contributed by atoms with Gasteiger partial charge in [-0.25, -0.2) is 4.79 Å². The molecule has 0 radical (unpaired) electrons. The van der Waals surface area contributed by atoms with Crippen molar-refractivity contribution in [3.8, 4) is 0 Å². The topological polar surface area (TPSA) is 43.8 Å². The van der Waals surface area contributed by atoms with E-state index in [1.54, 1.807) is 4.90 Å². The molecule has 4 heteroatoms. The standard InChI is InChI=1S/C17H24N2O2/c1-17(2,3)15(12-7-5-4-6-8-12)19-11-14-13(19)9-10-18(14)16(20)21/h4-8,13-15H,9-11H2,1-3H3,(H,20,21)/t13-,14-,15?/m1/s1. The van der Waals surface area contributed by atoms with Crippen LogP contribution in [0.4, 0.5) is 4.79 Å². The molecule has 1 N–H and O–H groups in total. The monoisotopic (exact) mass is 288 g/mol. The van der Waals surface area contributed by atoms with E-state index in [0.29, 0.717) is 18.6 Å². The average Bonchev–Trinajstić information content (AvgIpc) is 2.72. The molecular formula is C17H24N2O2. The Morgan fingerprint density at radius 1 is 1.24 bits per heavy atom. The summed E-state index contributed by atoms with van der Waals surface area (Å²) in [6.45, 7) is 8.33. The predicted octanol–water partition coefficient (Wildman–Crippen LogP) is 3.21. The lowest BCUT2D eigenvalue weighted by atomic mass is 9.77. The van der Waals surface area contributed by atoms with Crippen molar-refractivity contribution < 1.29 is 9.90 Å². The lowest BCUT2D eigenvalue weighted by Crippen LogP contribution is -2.64. The fraction of sp³-hybridized carbons (Fsp3) is 0.588. The second-order valence-corrected chi connectivity index (χ2v) is 7.28. The molecule has 2 aliphatic rings. The fourth-order valence-corrected chi connectivity index (χ4v) is 4.02. The molecule has 0 bridgehead atoms. The molecule has 1 aromatic carbocycles. The lowest BCUT2D eigenvalue weighted by molar-refractivity contribution is -0.0442. The molecule has 2 fully saturated rings. The molecule has 2 saturated heterocycles. The minimum absolute atomic E-state index is 0.128. The Labute approximate surface area is 126 Å². The number of nitrogens with zero attached hydrogens (tertiary/aromatic N) is 2. The molecule has 4 nitrogen and oxygen atoms in total. The number of fused-ring (bicyclic) bond motifs is 1. The number of carbonyl (C=O) groups is 1. The average molecular weight is 288 g/mol. The molecule has 1 unspecified atom stereocenters. The fourth-order valence-electron chi connectivity index (χ4n) is 4.02.